The van der Waals surface area contributed by atoms with Gasteiger partial charge in [-0.3, -0.25) is 0 Å². The molecule has 0 spiro atoms. The molecule has 0 aromatic heterocycles. The van der Waals surface area contributed by atoms with E-state index in [-0.39, 0.29) is 0 Å². The first-order chi connectivity index (χ1) is 7.91. The molecule has 1 N–H and O–H groups in total. The van der Waals surface area contributed by atoms with Crippen LogP contribution >= 0.6 is 0 Å². The van der Waals surface area contributed by atoms with Crippen molar-refractivity contribution in [1.29, 1.82) is 0 Å². The van der Waals surface area contributed by atoms with E-state index < -0.39 is 0 Å². The third-order valence-electron chi connectivity index (χ3n) is 2.93. The van der Waals surface area contributed by atoms with Crippen molar-refractivity contribution in [3.63, 3.8) is 0 Å². The zero-order chi connectivity index (χ0) is 12.9. The molecule has 0 bridgehead atoms. The first kappa shape index (κ1) is 14.2. The summed E-state index contributed by atoms with van der Waals surface area (Å²) in [5, 5.41) is 3.62. The highest BCUT2D eigenvalue weighted by molar-refractivity contribution is 5.18. The Morgan fingerprint density at radius 3 is 2.29 bits per heavy atom. The van der Waals surface area contributed by atoms with Gasteiger partial charge < -0.3 is 10.2 Å². The van der Waals surface area contributed by atoms with Crippen LogP contribution < -0.4 is 5.32 Å². The normalized spacial score (nSPS) is 14.0. The van der Waals surface area contributed by atoms with Gasteiger partial charge in [0.15, 0.2) is 0 Å². The molecule has 2 heteroatoms. The second-order valence-corrected chi connectivity index (χ2v) is 5.92. The van der Waals surface area contributed by atoms with Crippen LogP contribution in [0, 0.1) is 5.41 Å². The van der Waals surface area contributed by atoms with Crippen molar-refractivity contribution >= 4 is 0 Å². The summed E-state index contributed by atoms with van der Waals surface area (Å²) in [6.07, 6.45) is 0. The van der Waals surface area contributed by atoms with Crippen LogP contribution in [0.25, 0.3) is 0 Å². The summed E-state index contributed by atoms with van der Waals surface area (Å²) in [6, 6.07) is 11.0. The van der Waals surface area contributed by atoms with E-state index in [4.69, 9.17) is 0 Å². The van der Waals surface area contributed by atoms with Crippen molar-refractivity contribution in [3.05, 3.63) is 35.9 Å². The van der Waals surface area contributed by atoms with E-state index in [9.17, 15) is 0 Å². The predicted octanol–water partition coefficient (Wildman–Crippen LogP) is 2.93. The number of nitrogens with one attached hydrogen (secondary N) is 1. The van der Waals surface area contributed by atoms with Gasteiger partial charge in [0, 0.05) is 19.1 Å². The average Bonchev–Trinajstić information content (AvgIpc) is 2.25. The van der Waals surface area contributed by atoms with Gasteiger partial charge in [-0.15, -0.1) is 0 Å². The number of hydrogen-bond acceptors (Lipinski definition) is 2. The van der Waals surface area contributed by atoms with E-state index >= 15 is 0 Å². The highest BCUT2D eigenvalue weighted by Gasteiger charge is 2.19. The molecule has 0 saturated carbocycles. The molecule has 0 saturated heterocycles. The lowest BCUT2D eigenvalue weighted by Crippen LogP contribution is -2.38. The lowest BCUT2D eigenvalue weighted by molar-refractivity contribution is 0.227. The van der Waals surface area contributed by atoms with Crippen LogP contribution in [-0.2, 0) is 0 Å². The molecular formula is C15H26N2. The number of nitrogens with zero attached hydrogens (tertiary/aromatic N) is 1. The fourth-order valence-corrected chi connectivity index (χ4v) is 2.20. The van der Waals surface area contributed by atoms with E-state index in [0.29, 0.717) is 11.5 Å². The Bertz CT molecular complexity index is 317. The first-order valence-corrected chi connectivity index (χ1v) is 6.34. The second kappa shape index (κ2) is 6.18. The van der Waals surface area contributed by atoms with Crippen molar-refractivity contribution in [2.75, 3.05) is 27.2 Å². The van der Waals surface area contributed by atoms with Crippen LogP contribution in [0.5, 0.6) is 0 Å². The molecule has 0 fully saturated rings. The van der Waals surface area contributed by atoms with Crippen LogP contribution in [0.3, 0.4) is 0 Å². The fourth-order valence-electron chi connectivity index (χ4n) is 2.20. The molecular weight excluding hydrogens is 208 g/mol. The molecule has 1 rings (SSSR count). The van der Waals surface area contributed by atoms with Crippen molar-refractivity contribution in [2.45, 2.75) is 26.8 Å². The monoisotopic (exact) mass is 234 g/mol. The summed E-state index contributed by atoms with van der Waals surface area (Å²) in [6.45, 7) is 8.96. The molecule has 1 aromatic rings. The van der Waals surface area contributed by atoms with Gasteiger partial charge in [0.05, 0.1) is 0 Å². The van der Waals surface area contributed by atoms with Gasteiger partial charge in [-0.05, 0) is 32.0 Å². The molecule has 1 aromatic carbocycles. The van der Waals surface area contributed by atoms with Crippen LogP contribution in [0.2, 0.25) is 0 Å². The fraction of sp³-hybridized carbons (Fsp3) is 0.600. The van der Waals surface area contributed by atoms with Crippen LogP contribution in [0.4, 0.5) is 0 Å². The predicted molar refractivity (Wildman–Crippen MR) is 75.2 cm³/mol. The molecule has 0 amide bonds. The van der Waals surface area contributed by atoms with Crippen LogP contribution in [0.15, 0.2) is 30.3 Å². The minimum absolute atomic E-state index is 0.298. The summed E-state index contributed by atoms with van der Waals surface area (Å²) < 4.78 is 0. The summed E-state index contributed by atoms with van der Waals surface area (Å²) in [4.78, 5) is 2.24. The molecule has 17 heavy (non-hydrogen) atoms. The Labute approximate surface area is 106 Å². The standard InChI is InChI=1S/C15H26N2/c1-13(14-9-7-6-8-10-14)16-11-15(2,3)12-17(4)5/h6-10,13,16H,11-12H2,1-5H3. The van der Waals surface area contributed by atoms with Gasteiger partial charge in [-0.2, -0.15) is 0 Å². The zero-order valence-electron chi connectivity index (χ0n) is 11.8. The van der Waals surface area contributed by atoms with Crippen LogP contribution in [-0.4, -0.2) is 32.1 Å². The Morgan fingerprint density at radius 2 is 1.76 bits per heavy atom. The minimum atomic E-state index is 0.298. The number of benzene rings is 1. The largest absolute Gasteiger partial charge is 0.310 e. The van der Waals surface area contributed by atoms with Gasteiger partial charge in [0.1, 0.15) is 0 Å². The molecule has 2 nitrogen and oxygen atoms in total. The highest BCUT2D eigenvalue weighted by Crippen LogP contribution is 2.17. The summed E-state index contributed by atoms with van der Waals surface area (Å²) in [7, 11) is 4.25. The Morgan fingerprint density at radius 1 is 1.18 bits per heavy atom. The Kier molecular flexibility index (Phi) is 5.16. The van der Waals surface area contributed by atoms with Crippen molar-refractivity contribution in [3.8, 4) is 0 Å². The third kappa shape index (κ3) is 5.33. The lowest BCUT2D eigenvalue weighted by atomic mass is 9.92. The quantitative estimate of drug-likeness (QED) is 0.814. The first-order valence-electron chi connectivity index (χ1n) is 6.34. The van der Waals surface area contributed by atoms with E-state index in [2.05, 4.69) is 75.4 Å². The van der Waals surface area contributed by atoms with Crippen LogP contribution in [0.1, 0.15) is 32.4 Å². The van der Waals surface area contributed by atoms with E-state index in [1.165, 1.54) is 5.56 Å². The average molecular weight is 234 g/mol. The highest BCUT2D eigenvalue weighted by atomic mass is 15.1. The topological polar surface area (TPSA) is 15.3 Å². The lowest BCUT2D eigenvalue weighted by Gasteiger charge is -2.30. The van der Waals surface area contributed by atoms with Gasteiger partial charge in [0.2, 0.25) is 0 Å². The molecule has 1 atom stereocenters. The molecule has 0 heterocycles. The minimum Gasteiger partial charge on any atom is -0.310 e. The van der Waals surface area contributed by atoms with E-state index in [1.807, 2.05) is 0 Å². The number of rotatable bonds is 6. The van der Waals surface area contributed by atoms with Crippen molar-refractivity contribution < 1.29 is 0 Å². The molecule has 0 aliphatic rings. The Hall–Kier alpha value is -0.860. The molecule has 1 unspecified atom stereocenters. The maximum Gasteiger partial charge on any atom is 0.0292 e. The SMILES string of the molecule is CC(NCC(C)(C)CN(C)C)c1ccccc1. The smallest absolute Gasteiger partial charge is 0.0292 e. The zero-order valence-corrected chi connectivity index (χ0v) is 11.8. The van der Waals surface area contributed by atoms with Gasteiger partial charge >= 0.3 is 0 Å². The maximum absolute atomic E-state index is 3.62. The molecule has 0 aliphatic heterocycles. The molecule has 0 radical (unpaired) electrons. The van der Waals surface area contributed by atoms with Gasteiger partial charge in [0.25, 0.3) is 0 Å². The van der Waals surface area contributed by atoms with E-state index in [0.717, 1.165) is 13.1 Å². The Balaban J connectivity index is 2.45. The second-order valence-electron chi connectivity index (χ2n) is 5.92. The third-order valence-corrected chi connectivity index (χ3v) is 2.93. The van der Waals surface area contributed by atoms with Gasteiger partial charge in [-0.25, -0.2) is 0 Å². The number of hydrogen-bond donors (Lipinski definition) is 1. The summed E-state index contributed by atoms with van der Waals surface area (Å²) in [5.41, 5.74) is 1.65. The molecule has 0 aliphatic carbocycles. The summed E-state index contributed by atoms with van der Waals surface area (Å²) in [5.74, 6) is 0. The van der Waals surface area contributed by atoms with Crippen molar-refractivity contribution in [1.82, 2.24) is 10.2 Å². The van der Waals surface area contributed by atoms with E-state index in [1.54, 1.807) is 0 Å². The van der Waals surface area contributed by atoms with Crippen molar-refractivity contribution in [2.24, 2.45) is 5.41 Å². The molecule has 96 valence electrons. The maximum atomic E-state index is 3.62. The summed E-state index contributed by atoms with van der Waals surface area (Å²) >= 11 is 0. The van der Waals surface area contributed by atoms with Gasteiger partial charge in [-0.1, -0.05) is 44.2 Å².